The number of thiophene rings is 1. The smallest absolute Gasteiger partial charge is 0.349 e. The van der Waals surface area contributed by atoms with Crippen LogP contribution >= 0.6 is 11.3 Å². The van der Waals surface area contributed by atoms with Crippen LogP contribution < -0.4 is 4.74 Å². The first-order chi connectivity index (χ1) is 7.95. The first-order valence-electron chi connectivity index (χ1n) is 5.66. The highest BCUT2D eigenvalue weighted by Gasteiger charge is 2.20. The summed E-state index contributed by atoms with van der Waals surface area (Å²) in [6, 6.07) is 1.76. The third-order valence-corrected chi connectivity index (χ3v) is 3.60. The van der Waals surface area contributed by atoms with E-state index >= 15 is 0 Å². The van der Waals surface area contributed by atoms with E-state index in [0.717, 1.165) is 17.7 Å². The highest BCUT2D eigenvalue weighted by molar-refractivity contribution is 7.14. The standard InChI is InChI=1S/C12H18O4S/c1-4-5-9-6-10(11(17-9)12(14)15)16-8(3)7(2)13/h6-8,13H,4-5H2,1-3H3,(H,14,15). The highest BCUT2D eigenvalue weighted by Crippen LogP contribution is 2.31. The van der Waals surface area contributed by atoms with E-state index in [4.69, 9.17) is 9.84 Å². The van der Waals surface area contributed by atoms with Crippen LogP contribution in [0, 0.1) is 0 Å². The van der Waals surface area contributed by atoms with Crippen molar-refractivity contribution in [3.63, 3.8) is 0 Å². The average molecular weight is 258 g/mol. The van der Waals surface area contributed by atoms with Crippen molar-refractivity contribution >= 4 is 17.3 Å². The van der Waals surface area contributed by atoms with Gasteiger partial charge in [0.05, 0.1) is 6.10 Å². The van der Waals surface area contributed by atoms with Gasteiger partial charge in [0.1, 0.15) is 11.9 Å². The molecule has 0 bridgehead atoms. The van der Waals surface area contributed by atoms with Gasteiger partial charge in [0, 0.05) is 4.88 Å². The van der Waals surface area contributed by atoms with Crippen LogP contribution in [-0.4, -0.2) is 28.4 Å². The van der Waals surface area contributed by atoms with Crippen LogP contribution in [-0.2, 0) is 6.42 Å². The monoisotopic (exact) mass is 258 g/mol. The van der Waals surface area contributed by atoms with E-state index in [-0.39, 0.29) is 4.88 Å². The highest BCUT2D eigenvalue weighted by atomic mass is 32.1. The third kappa shape index (κ3) is 3.71. The second kappa shape index (κ2) is 6.02. The molecule has 0 aliphatic rings. The predicted octanol–water partition coefficient (Wildman–Crippen LogP) is 2.55. The van der Waals surface area contributed by atoms with Gasteiger partial charge < -0.3 is 14.9 Å². The number of hydrogen-bond acceptors (Lipinski definition) is 4. The van der Waals surface area contributed by atoms with E-state index < -0.39 is 18.2 Å². The van der Waals surface area contributed by atoms with E-state index in [2.05, 4.69) is 0 Å². The summed E-state index contributed by atoms with van der Waals surface area (Å²) < 4.78 is 5.47. The molecule has 17 heavy (non-hydrogen) atoms. The number of carbonyl (C=O) groups is 1. The lowest BCUT2D eigenvalue weighted by Crippen LogP contribution is -2.25. The van der Waals surface area contributed by atoms with Gasteiger partial charge >= 0.3 is 5.97 Å². The molecule has 2 atom stereocenters. The lowest BCUT2D eigenvalue weighted by atomic mass is 10.2. The molecule has 0 radical (unpaired) electrons. The van der Waals surface area contributed by atoms with E-state index in [1.165, 1.54) is 11.3 Å². The van der Waals surface area contributed by atoms with Crippen LogP contribution in [0.1, 0.15) is 41.7 Å². The van der Waals surface area contributed by atoms with Crippen LogP contribution in [0.5, 0.6) is 5.75 Å². The molecule has 0 saturated carbocycles. The molecule has 1 rings (SSSR count). The Morgan fingerprint density at radius 3 is 2.65 bits per heavy atom. The molecule has 0 aliphatic carbocycles. The quantitative estimate of drug-likeness (QED) is 0.823. The van der Waals surface area contributed by atoms with Crippen LogP contribution in [0.3, 0.4) is 0 Å². The molecule has 0 saturated heterocycles. The number of aliphatic hydroxyl groups is 1. The number of ether oxygens (including phenoxy) is 1. The molecule has 2 N–H and O–H groups in total. The van der Waals surface area contributed by atoms with E-state index in [1.807, 2.05) is 6.92 Å². The Morgan fingerprint density at radius 1 is 1.53 bits per heavy atom. The van der Waals surface area contributed by atoms with Crippen molar-refractivity contribution in [2.45, 2.75) is 45.8 Å². The molecule has 2 unspecified atom stereocenters. The number of aryl methyl sites for hydroxylation is 1. The lowest BCUT2D eigenvalue weighted by Gasteiger charge is -2.16. The SMILES string of the molecule is CCCc1cc(OC(C)C(C)O)c(C(=O)O)s1. The van der Waals surface area contributed by atoms with Crippen molar-refractivity contribution in [3.8, 4) is 5.75 Å². The van der Waals surface area contributed by atoms with E-state index in [9.17, 15) is 9.90 Å². The van der Waals surface area contributed by atoms with Crippen LogP contribution in [0.25, 0.3) is 0 Å². The minimum Gasteiger partial charge on any atom is -0.486 e. The number of aromatic carboxylic acids is 1. The average Bonchev–Trinajstić information content (AvgIpc) is 2.61. The number of carboxylic acid groups (broad SMARTS) is 1. The second-order valence-electron chi connectivity index (χ2n) is 4.02. The summed E-state index contributed by atoms with van der Waals surface area (Å²) in [6.45, 7) is 5.37. The van der Waals surface area contributed by atoms with Gasteiger partial charge in [-0.05, 0) is 26.3 Å². The largest absolute Gasteiger partial charge is 0.486 e. The summed E-state index contributed by atoms with van der Waals surface area (Å²) in [5.41, 5.74) is 0. The van der Waals surface area contributed by atoms with E-state index in [1.54, 1.807) is 19.9 Å². The molecule has 0 aromatic carbocycles. The molecule has 0 fully saturated rings. The molecule has 0 aliphatic heterocycles. The molecular weight excluding hydrogens is 240 g/mol. The summed E-state index contributed by atoms with van der Waals surface area (Å²) >= 11 is 1.24. The topological polar surface area (TPSA) is 66.8 Å². The fourth-order valence-corrected chi connectivity index (χ4v) is 2.36. The fraction of sp³-hybridized carbons (Fsp3) is 0.583. The molecule has 1 aromatic rings. The Balaban J connectivity index is 2.92. The molecule has 0 spiro atoms. The summed E-state index contributed by atoms with van der Waals surface area (Å²) in [6.07, 6.45) is 0.755. The summed E-state index contributed by atoms with van der Waals surface area (Å²) in [5.74, 6) is -0.621. The van der Waals surface area contributed by atoms with Gasteiger partial charge in [-0.15, -0.1) is 11.3 Å². The fourth-order valence-electron chi connectivity index (χ4n) is 1.33. The molecule has 1 heterocycles. The van der Waals surface area contributed by atoms with Gasteiger partial charge in [-0.1, -0.05) is 13.3 Å². The van der Waals surface area contributed by atoms with Gasteiger partial charge in [0.15, 0.2) is 4.88 Å². The Bertz CT molecular complexity index is 384. The Morgan fingerprint density at radius 2 is 2.18 bits per heavy atom. The minimum absolute atomic E-state index is 0.209. The van der Waals surface area contributed by atoms with Gasteiger partial charge in [0.2, 0.25) is 0 Å². The van der Waals surface area contributed by atoms with Gasteiger partial charge in [-0.3, -0.25) is 0 Å². The zero-order chi connectivity index (χ0) is 13.0. The maximum absolute atomic E-state index is 11.1. The lowest BCUT2D eigenvalue weighted by molar-refractivity contribution is 0.0567. The third-order valence-electron chi connectivity index (χ3n) is 2.43. The van der Waals surface area contributed by atoms with Crippen LogP contribution in [0.15, 0.2) is 6.07 Å². The number of hydrogen-bond donors (Lipinski definition) is 2. The van der Waals surface area contributed by atoms with Crippen molar-refractivity contribution < 1.29 is 19.7 Å². The summed E-state index contributed by atoms with van der Waals surface area (Å²) in [5, 5.41) is 18.4. The molecule has 1 aromatic heterocycles. The van der Waals surface area contributed by atoms with Crippen molar-refractivity contribution in [2.24, 2.45) is 0 Å². The van der Waals surface area contributed by atoms with Crippen molar-refractivity contribution in [1.29, 1.82) is 0 Å². The first-order valence-corrected chi connectivity index (χ1v) is 6.48. The first kappa shape index (κ1) is 14.0. The molecular formula is C12H18O4S. The maximum atomic E-state index is 11.1. The summed E-state index contributed by atoms with van der Waals surface area (Å²) in [7, 11) is 0. The predicted molar refractivity (Wildman–Crippen MR) is 67.0 cm³/mol. The van der Waals surface area contributed by atoms with E-state index in [0.29, 0.717) is 5.75 Å². The van der Waals surface area contributed by atoms with Crippen molar-refractivity contribution in [3.05, 3.63) is 15.8 Å². The molecule has 4 nitrogen and oxygen atoms in total. The van der Waals surface area contributed by atoms with Crippen LogP contribution in [0.2, 0.25) is 0 Å². The van der Waals surface area contributed by atoms with Gasteiger partial charge in [-0.2, -0.15) is 0 Å². The number of aliphatic hydroxyl groups excluding tert-OH is 1. The second-order valence-corrected chi connectivity index (χ2v) is 5.16. The zero-order valence-electron chi connectivity index (χ0n) is 10.3. The molecule has 96 valence electrons. The minimum atomic E-state index is -0.981. The van der Waals surface area contributed by atoms with Crippen molar-refractivity contribution in [1.82, 2.24) is 0 Å². The Kier molecular flexibility index (Phi) is 4.96. The zero-order valence-corrected chi connectivity index (χ0v) is 11.1. The number of carboxylic acids is 1. The molecule has 0 amide bonds. The number of rotatable bonds is 6. The molecule has 5 heteroatoms. The maximum Gasteiger partial charge on any atom is 0.349 e. The van der Waals surface area contributed by atoms with Gasteiger partial charge in [-0.25, -0.2) is 4.79 Å². The Labute approximate surface area is 105 Å². The summed E-state index contributed by atoms with van der Waals surface area (Å²) in [4.78, 5) is 12.3. The Hall–Kier alpha value is -1.07. The van der Waals surface area contributed by atoms with Crippen LogP contribution in [0.4, 0.5) is 0 Å². The van der Waals surface area contributed by atoms with Gasteiger partial charge in [0.25, 0.3) is 0 Å². The van der Waals surface area contributed by atoms with Crippen molar-refractivity contribution in [2.75, 3.05) is 0 Å². The normalized spacial score (nSPS) is 14.4.